The van der Waals surface area contributed by atoms with E-state index in [1.165, 1.54) is 0 Å². The summed E-state index contributed by atoms with van der Waals surface area (Å²) < 4.78 is 0. The van der Waals surface area contributed by atoms with Gasteiger partial charge in [-0.15, -0.1) is 0 Å². The van der Waals surface area contributed by atoms with E-state index >= 15 is 0 Å². The number of carbonyl (C=O) groups is 1. The molecule has 1 aromatic rings. The average Bonchev–Trinajstić information content (AvgIpc) is 2.77. The average molecular weight is 267 g/mol. The fourth-order valence-electron chi connectivity index (χ4n) is 2.44. The monoisotopic (exact) mass is 266 g/mol. The molecule has 1 heterocycles. The van der Waals surface area contributed by atoms with Crippen LogP contribution in [0.1, 0.15) is 22.3 Å². The standard InChI is InChI=1S/C14H19ClN2O/c1-10-3-4-12(13(15)7-10)14(18)17-6-5-11(9-17)8-16-2/h3-4,7,11,16H,5-6,8-9H2,1-2H3. The van der Waals surface area contributed by atoms with Gasteiger partial charge < -0.3 is 10.2 Å². The number of hydrogen-bond acceptors (Lipinski definition) is 2. The number of benzene rings is 1. The van der Waals surface area contributed by atoms with E-state index in [4.69, 9.17) is 11.6 Å². The summed E-state index contributed by atoms with van der Waals surface area (Å²) in [5.41, 5.74) is 1.69. The molecular weight excluding hydrogens is 248 g/mol. The van der Waals surface area contributed by atoms with Gasteiger partial charge in [-0.2, -0.15) is 0 Å². The van der Waals surface area contributed by atoms with Gasteiger partial charge in [0.25, 0.3) is 5.91 Å². The number of nitrogens with one attached hydrogen (secondary N) is 1. The van der Waals surface area contributed by atoms with Crippen LogP contribution in [0, 0.1) is 12.8 Å². The lowest BCUT2D eigenvalue weighted by molar-refractivity contribution is 0.0787. The number of hydrogen-bond donors (Lipinski definition) is 1. The molecule has 1 atom stereocenters. The molecular formula is C14H19ClN2O. The summed E-state index contributed by atoms with van der Waals surface area (Å²) in [6.45, 7) is 4.59. The molecule has 2 rings (SSSR count). The van der Waals surface area contributed by atoms with Gasteiger partial charge in [-0.25, -0.2) is 0 Å². The Morgan fingerprint density at radius 1 is 1.56 bits per heavy atom. The van der Waals surface area contributed by atoms with Gasteiger partial charge in [-0.1, -0.05) is 17.7 Å². The normalized spacial score (nSPS) is 19.3. The minimum Gasteiger partial charge on any atom is -0.338 e. The van der Waals surface area contributed by atoms with E-state index in [0.29, 0.717) is 16.5 Å². The molecule has 0 aromatic heterocycles. The Labute approximate surface area is 113 Å². The first-order valence-corrected chi connectivity index (χ1v) is 6.69. The highest BCUT2D eigenvalue weighted by Crippen LogP contribution is 2.23. The maximum atomic E-state index is 12.3. The molecule has 0 spiro atoms. The highest BCUT2D eigenvalue weighted by atomic mass is 35.5. The van der Waals surface area contributed by atoms with Gasteiger partial charge in [0, 0.05) is 13.1 Å². The SMILES string of the molecule is CNCC1CCN(C(=O)c2ccc(C)cc2Cl)C1. The third-order valence-electron chi connectivity index (χ3n) is 3.42. The molecule has 1 aromatic carbocycles. The Kier molecular flexibility index (Phi) is 4.25. The van der Waals surface area contributed by atoms with Gasteiger partial charge in [-0.3, -0.25) is 4.79 Å². The number of likely N-dealkylation sites (tertiary alicyclic amines) is 1. The van der Waals surface area contributed by atoms with Crippen molar-refractivity contribution in [3.8, 4) is 0 Å². The molecule has 0 bridgehead atoms. The number of nitrogens with zero attached hydrogens (tertiary/aromatic N) is 1. The molecule has 98 valence electrons. The zero-order valence-corrected chi connectivity index (χ0v) is 11.6. The molecule has 1 unspecified atom stereocenters. The van der Waals surface area contributed by atoms with Crippen LogP contribution in [0.15, 0.2) is 18.2 Å². The fraction of sp³-hybridized carbons (Fsp3) is 0.500. The highest BCUT2D eigenvalue weighted by molar-refractivity contribution is 6.33. The summed E-state index contributed by atoms with van der Waals surface area (Å²) in [6.07, 6.45) is 1.07. The molecule has 1 aliphatic heterocycles. The van der Waals surface area contributed by atoms with Crippen molar-refractivity contribution in [3.63, 3.8) is 0 Å². The summed E-state index contributed by atoms with van der Waals surface area (Å²) >= 11 is 6.14. The van der Waals surface area contributed by atoms with Crippen LogP contribution in [-0.4, -0.2) is 37.5 Å². The van der Waals surface area contributed by atoms with Gasteiger partial charge in [0.2, 0.25) is 0 Å². The van der Waals surface area contributed by atoms with Gasteiger partial charge >= 0.3 is 0 Å². The van der Waals surface area contributed by atoms with Crippen molar-refractivity contribution in [3.05, 3.63) is 34.3 Å². The first-order chi connectivity index (χ1) is 8.61. The molecule has 4 heteroatoms. The minimum absolute atomic E-state index is 0.0543. The van der Waals surface area contributed by atoms with Crippen molar-refractivity contribution in [2.45, 2.75) is 13.3 Å². The van der Waals surface area contributed by atoms with Crippen LogP contribution in [0.3, 0.4) is 0 Å². The third-order valence-corrected chi connectivity index (χ3v) is 3.73. The first-order valence-electron chi connectivity index (χ1n) is 6.32. The number of rotatable bonds is 3. The van der Waals surface area contributed by atoms with Crippen LogP contribution >= 0.6 is 11.6 Å². The van der Waals surface area contributed by atoms with Gasteiger partial charge in [0.1, 0.15) is 0 Å². The van der Waals surface area contributed by atoms with E-state index in [1.54, 1.807) is 0 Å². The van der Waals surface area contributed by atoms with Crippen molar-refractivity contribution >= 4 is 17.5 Å². The predicted molar refractivity (Wildman–Crippen MR) is 74.1 cm³/mol. The van der Waals surface area contributed by atoms with E-state index in [1.807, 2.05) is 37.1 Å². The van der Waals surface area contributed by atoms with E-state index in [9.17, 15) is 4.79 Å². The maximum absolute atomic E-state index is 12.3. The summed E-state index contributed by atoms with van der Waals surface area (Å²) in [7, 11) is 1.95. The summed E-state index contributed by atoms with van der Waals surface area (Å²) in [6, 6.07) is 5.60. The van der Waals surface area contributed by atoms with Crippen molar-refractivity contribution in [1.29, 1.82) is 0 Å². The van der Waals surface area contributed by atoms with Crippen molar-refractivity contribution < 1.29 is 4.79 Å². The lowest BCUT2D eigenvalue weighted by Gasteiger charge is -2.17. The lowest BCUT2D eigenvalue weighted by Crippen LogP contribution is -2.30. The lowest BCUT2D eigenvalue weighted by atomic mass is 10.1. The van der Waals surface area contributed by atoms with E-state index < -0.39 is 0 Å². The second-order valence-electron chi connectivity index (χ2n) is 4.95. The Balaban J connectivity index is 2.08. The van der Waals surface area contributed by atoms with E-state index in [2.05, 4.69) is 5.32 Å². The Morgan fingerprint density at radius 2 is 2.33 bits per heavy atom. The summed E-state index contributed by atoms with van der Waals surface area (Å²) in [5.74, 6) is 0.613. The van der Waals surface area contributed by atoms with Gasteiger partial charge in [0.05, 0.1) is 10.6 Å². The molecule has 1 aliphatic rings. The predicted octanol–water partition coefficient (Wildman–Crippen LogP) is 2.33. The Hall–Kier alpha value is -1.06. The number of halogens is 1. The van der Waals surface area contributed by atoms with Crippen LogP contribution in [0.2, 0.25) is 5.02 Å². The van der Waals surface area contributed by atoms with Gasteiger partial charge in [0.15, 0.2) is 0 Å². The van der Waals surface area contributed by atoms with Crippen molar-refractivity contribution in [2.24, 2.45) is 5.92 Å². The zero-order chi connectivity index (χ0) is 13.1. The molecule has 0 saturated carbocycles. The van der Waals surface area contributed by atoms with Crippen LogP contribution < -0.4 is 5.32 Å². The summed E-state index contributed by atoms with van der Waals surface area (Å²) in [5, 5.41) is 3.72. The molecule has 1 N–H and O–H groups in total. The molecule has 18 heavy (non-hydrogen) atoms. The minimum atomic E-state index is 0.0543. The van der Waals surface area contributed by atoms with Crippen LogP contribution in [-0.2, 0) is 0 Å². The Bertz CT molecular complexity index is 447. The zero-order valence-electron chi connectivity index (χ0n) is 10.9. The molecule has 1 fully saturated rings. The first kappa shape index (κ1) is 13.4. The quantitative estimate of drug-likeness (QED) is 0.911. The highest BCUT2D eigenvalue weighted by Gasteiger charge is 2.27. The third kappa shape index (κ3) is 2.85. The molecule has 1 saturated heterocycles. The largest absolute Gasteiger partial charge is 0.338 e. The topological polar surface area (TPSA) is 32.3 Å². The number of amides is 1. The van der Waals surface area contributed by atoms with Crippen LogP contribution in [0.25, 0.3) is 0 Å². The van der Waals surface area contributed by atoms with E-state index in [0.717, 1.165) is 31.6 Å². The fourth-order valence-corrected chi connectivity index (χ4v) is 2.75. The number of carbonyl (C=O) groups excluding carboxylic acids is 1. The second kappa shape index (κ2) is 5.72. The maximum Gasteiger partial charge on any atom is 0.255 e. The molecule has 3 nitrogen and oxygen atoms in total. The summed E-state index contributed by atoms with van der Waals surface area (Å²) in [4.78, 5) is 14.3. The van der Waals surface area contributed by atoms with Crippen molar-refractivity contribution in [1.82, 2.24) is 10.2 Å². The smallest absolute Gasteiger partial charge is 0.255 e. The Morgan fingerprint density at radius 3 is 3.00 bits per heavy atom. The van der Waals surface area contributed by atoms with E-state index in [-0.39, 0.29) is 5.91 Å². The molecule has 1 amide bonds. The van der Waals surface area contributed by atoms with Crippen LogP contribution in [0.4, 0.5) is 0 Å². The van der Waals surface area contributed by atoms with Gasteiger partial charge in [-0.05, 0) is 50.6 Å². The van der Waals surface area contributed by atoms with Crippen molar-refractivity contribution in [2.75, 3.05) is 26.7 Å². The number of aryl methyl sites for hydroxylation is 1. The van der Waals surface area contributed by atoms with Crippen LogP contribution in [0.5, 0.6) is 0 Å². The molecule has 0 aliphatic carbocycles. The molecule has 0 radical (unpaired) electrons. The second-order valence-corrected chi connectivity index (χ2v) is 5.35.